The lowest BCUT2D eigenvalue weighted by Crippen LogP contribution is -2.25. The number of hydrogen-bond acceptors (Lipinski definition) is 2. The van der Waals surface area contributed by atoms with E-state index in [4.69, 9.17) is 5.11 Å². The molecule has 1 rings (SSSR count). The van der Waals surface area contributed by atoms with Crippen LogP contribution in [0, 0.1) is 11.7 Å². The van der Waals surface area contributed by atoms with Crippen molar-refractivity contribution < 1.29 is 9.50 Å². The number of aliphatic hydroxyl groups excluding tert-OH is 1. The van der Waals surface area contributed by atoms with E-state index in [1.54, 1.807) is 12.1 Å². The highest BCUT2D eigenvalue weighted by molar-refractivity contribution is 5.16. The fraction of sp³-hybridized carbons (Fsp3) is 0.500. The van der Waals surface area contributed by atoms with Crippen molar-refractivity contribution in [3.8, 4) is 0 Å². The summed E-state index contributed by atoms with van der Waals surface area (Å²) in [6.07, 6.45) is 0.887. The summed E-state index contributed by atoms with van der Waals surface area (Å²) in [7, 11) is 0. The summed E-state index contributed by atoms with van der Waals surface area (Å²) >= 11 is 0. The minimum atomic E-state index is -0.194. The molecule has 0 bridgehead atoms. The van der Waals surface area contributed by atoms with E-state index in [9.17, 15) is 4.39 Å². The number of nitrogens with one attached hydrogen (secondary N) is 1. The maximum absolute atomic E-state index is 12.6. The zero-order valence-electron chi connectivity index (χ0n) is 9.04. The Morgan fingerprint density at radius 2 is 2.00 bits per heavy atom. The second-order valence-electron chi connectivity index (χ2n) is 3.87. The lowest BCUT2D eigenvalue weighted by molar-refractivity contribution is 0.234. The largest absolute Gasteiger partial charge is 0.396 e. The Bertz CT molecular complexity index is 273. The first-order valence-electron chi connectivity index (χ1n) is 5.28. The third kappa shape index (κ3) is 4.91. The van der Waals surface area contributed by atoms with Crippen LogP contribution in [0.3, 0.4) is 0 Å². The first-order chi connectivity index (χ1) is 7.22. The molecule has 0 saturated heterocycles. The topological polar surface area (TPSA) is 32.3 Å². The molecular formula is C12H18FNO. The molecule has 1 aromatic carbocycles. The highest BCUT2D eigenvalue weighted by atomic mass is 19.1. The summed E-state index contributed by atoms with van der Waals surface area (Å²) in [5.41, 5.74) is 1.13. The van der Waals surface area contributed by atoms with E-state index in [2.05, 4.69) is 5.32 Å². The number of aliphatic hydroxyl groups is 1. The van der Waals surface area contributed by atoms with Crippen molar-refractivity contribution in [1.82, 2.24) is 5.32 Å². The Morgan fingerprint density at radius 1 is 1.33 bits per heavy atom. The second-order valence-corrected chi connectivity index (χ2v) is 3.87. The van der Waals surface area contributed by atoms with Gasteiger partial charge in [-0.1, -0.05) is 19.1 Å². The van der Waals surface area contributed by atoms with E-state index in [1.165, 1.54) is 12.1 Å². The molecule has 0 radical (unpaired) electrons. The summed E-state index contributed by atoms with van der Waals surface area (Å²) in [6.45, 7) is 3.88. The molecule has 0 heterocycles. The van der Waals surface area contributed by atoms with Gasteiger partial charge in [0.1, 0.15) is 5.82 Å². The molecule has 2 N–H and O–H groups in total. The van der Waals surface area contributed by atoms with Gasteiger partial charge in [0.25, 0.3) is 0 Å². The molecule has 84 valence electrons. The smallest absolute Gasteiger partial charge is 0.123 e. The van der Waals surface area contributed by atoms with Crippen LogP contribution in [0.1, 0.15) is 12.5 Å². The van der Waals surface area contributed by atoms with Crippen LogP contribution in [0.15, 0.2) is 24.3 Å². The van der Waals surface area contributed by atoms with E-state index in [0.717, 1.165) is 25.1 Å². The first kappa shape index (κ1) is 12.1. The quantitative estimate of drug-likeness (QED) is 0.700. The molecule has 0 aliphatic rings. The van der Waals surface area contributed by atoms with Gasteiger partial charge in [-0.25, -0.2) is 4.39 Å². The third-order valence-electron chi connectivity index (χ3n) is 2.31. The van der Waals surface area contributed by atoms with Crippen molar-refractivity contribution in [2.24, 2.45) is 5.92 Å². The fourth-order valence-corrected chi connectivity index (χ4v) is 1.30. The van der Waals surface area contributed by atoms with Gasteiger partial charge >= 0.3 is 0 Å². The minimum absolute atomic E-state index is 0.194. The van der Waals surface area contributed by atoms with E-state index >= 15 is 0 Å². The molecule has 1 atom stereocenters. The highest BCUT2D eigenvalue weighted by Gasteiger charge is 1.98. The zero-order chi connectivity index (χ0) is 11.1. The molecule has 0 saturated carbocycles. The molecule has 0 aromatic heterocycles. The average Bonchev–Trinajstić information content (AvgIpc) is 2.26. The number of hydrogen-bond donors (Lipinski definition) is 2. The second kappa shape index (κ2) is 6.53. The zero-order valence-corrected chi connectivity index (χ0v) is 9.04. The molecule has 0 fully saturated rings. The standard InChI is InChI=1S/C12H18FNO/c1-10(9-15)8-14-7-6-11-2-4-12(13)5-3-11/h2-5,10,14-15H,6-9H2,1H3. The van der Waals surface area contributed by atoms with Gasteiger partial charge in [-0.05, 0) is 43.1 Å². The maximum Gasteiger partial charge on any atom is 0.123 e. The van der Waals surface area contributed by atoms with Crippen LogP contribution < -0.4 is 5.32 Å². The SMILES string of the molecule is CC(CO)CNCCc1ccc(F)cc1. The molecular weight excluding hydrogens is 193 g/mol. The summed E-state index contributed by atoms with van der Waals surface area (Å²) in [5, 5.41) is 12.0. The Kier molecular flexibility index (Phi) is 5.29. The normalized spacial score (nSPS) is 12.7. The highest BCUT2D eigenvalue weighted by Crippen LogP contribution is 2.02. The molecule has 0 aliphatic heterocycles. The van der Waals surface area contributed by atoms with Crippen LogP contribution in [0.25, 0.3) is 0 Å². The van der Waals surface area contributed by atoms with Crippen LogP contribution in [-0.2, 0) is 6.42 Å². The van der Waals surface area contributed by atoms with Crippen LogP contribution in [0.5, 0.6) is 0 Å². The van der Waals surface area contributed by atoms with Crippen LogP contribution in [-0.4, -0.2) is 24.8 Å². The van der Waals surface area contributed by atoms with E-state index in [1.807, 2.05) is 6.92 Å². The van der Waals surface area contributed by atoms with Crippen LogP contribution >= 0.6 is 0 Å². The van der Waals surface area contributed by atoms with Gasteiger partial charge in [-0.2, -0.15) is 0 Å². The Morgan fingerprint density at radius 3 is 2.60 bits per heavy atom. The molecule has 1 aromatic rings. The molecule has 15 heavy (non-hydrogen) atoms. The van der Waals surface area contributed by atoms with Gasteiger partial charge in [0.15, 0.2) is 0 Å². The van der Waals surface area contributed by atoms with Gasteiger partial charge < -0.3 is 10.4 Å². The van der Waals surface area contributed by atoms with Gasteiger partial charge in [-0.3, -0.25) is 0 Å². The molecule has 0 spiro atoms. The van der Waals surface area contributed by atoms with Crippen molar-refractivity contribution in [1.29, 1.82) is 0 Å². The van der Waals surface area contributed by atoms with Gasteiger partial charge in [0, 0.05) is 6.61 Å². The van der Waals surface area contributed by atoms with Crippen molar-refractivity contribution in [2.45, 2.75) is 13.3 Å². The Labute approximate surface area is 90.1 Å². The van der Waals surface area contributed by atoms with Crippen LogP contribution in [0.4, 0.5) is 4.39 Å². The molecule has 2 nitrogen and oxygen atoms in total. The first-order valence-corrected chi connectivity index (χ1v) is 5.28. The lowest BCUT2D eigenvalue weighted by atomic mass is 10.1. The number of halogens is 1. The van der Waals surface area contributed by atoms with Crippen molar-refractivity contribution in [3.63, 3.8) is 0 Å². The lowest BCUT2D eigenvalue weighted by Gasteiger charge is -2.09. The van der Waals surface area contributed by atoms with E-state index < -0.39 is 0 Å². The van der Waals surface area contributed by atoms with Crippen molar-refractivity contribution in [3.05, 3.63) is 35.6 Å². The Hall–Kier alpha value is -0.930. The predicted molar refractivity (Wildman–Crippen MR) is 59.2 cm³/mol. The summed E-state index contributed by atoms with van der Waals surface area (Å²) in [4.78, 5) is 0. The minimum Gasteiger partial charge on any atom is -0.396 e. The Balaban J connectivity index is 2.17. The average molecular weight is 211 g/mol. The molecule has 3 heteroatoms. The number of rotatable bonds is 6. The molecule has 0 amide bonds. The van der Waals surface area contributed by atoms with Crippen LogP contribution in [0.2, 0.25) is 0 Å². The third-order valence-corrected chi connectivity index (χ3v) is 2.31. The van der Waals surface area contributed by atoms with E-state index in [0.29, 0.717) is 5.92 Å². The maximum atomic E-state index is 12.6. The number of benzene rings is 1. The molecule has 0 aliphatic carbocycles. The predicted octanol–water partition coefficient (Wildman–Crippen LogP) is 1.59. The summed E-state index contributed by atoms with van der Waals surface area (Å²) in [5.74, 6) is 0.0961. The van der Waals surface area contributed by atoms with E-state index in [-0.39, 0.29) is 12.4 Å². The molecule has 1 unspecified atom stereocenters. The van der Waals surface area contributed by atoms with Gasteiger partial charge in [0.05, 0.1) is 0 Å². The van der Waals surface area contributed by atoms with Gasteiger partial charge in [-0.15, -0.1) is 0 Å². The summed E-state index contributed by atoms with van der Waals surface area (Å²) in [6, 6.07) is 6.55. The van der Waals surface area contributed by atoms with Crippen molar-refractivity contribution >= 4 is 0 Å². The van der Waals surface area contributed by atoms with Gasteiger partial charge in [0.2, 0.25) is 0 Å². The monoisotopic (exact) mass is 211 g/mol. The van der Waals surface area contributed by atoms with Crippen molar-refractivity contribution in [2.75, 3.05) is 19.7 Å². The fourth-order valence-electron chi connectivity index (χ4n) is 1.30. The summed E-state index contributed by atoms with van der Waals surface area (Å²) < 4.78 is 12.6.